The zero-order valence-electron chi connectivity index (χ0n) is 22.9. The number of carbonyl (C=O) groups excluding carboxylic acids is 2. The molecule has 2 atom stereocenters. The summed E-state index contributed by atoms with van der Waals surface area (Å²) in [5.74, 6) is 0.862. The summed E-state index contributed by atoms with van der Waals surface area (Å²) >= 11 is 6.48. The minimum Gasteiger partial charge on any atom is -0.396 e. The number of hydrogen-bond acceptors (Lipinski definition) is 7. The van der Waals surface area contributed by atoms with Crippen LogP contribution in [0, 0.1) is 5.92 Å². The van der Waals surface area contributed by atoms with Gasteiger partial charge >= 0.3 is 0 Å². The maximum atomic E-state index is 13.0. The van der Waals surface area contributed by atoms with Crippen molar-refractivity contribution in [3.63, 3.8) is 0 Å². The van der Waals surface area contributed by atoms with Crippen LogP contribution in [0.25, 0.3) is 11.3 Å². The summed E-state index contributed by atoms with van der Waals surface area (Å²) in [5.41, 5.74) is 5.16. The lowest BCUT2D eigenvalue weighted by Gasteiger charge is -2.30. The molecule has 0 spiro atoms. The molecule has 1 aliphatic heterocycles. The van der Waals surface area contributed by atoms with Gasteiger partial charge in [0.15, 0.2) is 0 Å². The first-order valence-electron chi connectivity index (χ1n) is 13.9. The van der Waals surface area contributed by atoms with Crippen LogP contribution in [0.2, 0.25) is 5.02 Å². The van der Waals surface area contributed by atoms with Crippen molar-refractivity contribution in [2.24, 2.45) is 5.92 Å². The predicted molar refractivity (Wildman–Crippen MR) is 156 cm³/mol. The van der Waals surface area contributed by atoms with Crippen LogP contribution in [-0.4, -0.2) is 69.9 Å². The van der Waals surface area contributed by atoms with Gasteiger partial charge in [-0.2, -0.15) is 0 Å². The van der Waals surface area contributed by atoms with Gasteiger partial charge in [0.2, 0.25) is 11.9 Å². The summed E-state index contributed by atoms with van der Waals surface area (Å²) in [6.45, 7) is 2.28. The highest BCUT2D eigenvalue weighted by Gasteiger charge is 2.23. The van der Waals surface area contributed by atoms with Crippen molar-refractivity contribution in [1.82, 2.24) is 19.8 Å². The van der Waals surface area contributed by atoms with Gasteiger partial charge in [-0.3, -0.25) is 14.5 Å². The highest BCUT2D eigenvalue weighted by Crippen LogP contribution is 2.30. The SMILES string of the molecule is CN(CC(=O)N1CCc2ccccc2C1)Cc1ccc(-c2nc(NC3CCCC(CO)C3)ncc2Cl)cc1C=O. The molecule has 1 saturated carbocycles. The van der Waals surface area contributed by atoms with Gasteiger partial charge in [0.1, 0.15) is 6.29 Å². The zero-order chi connectivity index (χ0) is 28.1. The number of nitrogens with one attached hydrogen (secondary N) is 1. The number of anilines is 1. The molecule has 40 heavy (non-hydrogen) atoms. The predicted octanol–water partition coefficient (Wildman–Crippen LogP) is 4.59. The molecule has 1 fully saturated rings. The molecule has 210 valence electrons. The standard InChI is InChI=1S/C31H36ClN5O3/c1-36(18-29(40)37-12-11-22-6-2-3-7-24(22)17-37)16-25-10-9-23(14-26(25)20-39)30-28(32)15-33-31(35-30)34-27-8-4-5-21(13-27)19-38/h2-3,6-7,9-10,14-15,20-21,27,38H,4-5,8,11-13,16-19H2,1H3,(H,33,34,35). The second kappa shape index (κ2) is 12.9. The number of benzene rings is 2. The van der Waals surface area contributed by atoms with Crippen molar-refractivity contribution in [3.8, 4) is 11.3 Å². The van der Waals surface area contributed by atoms with Crippen molar-refractivity contribution < 1.29 is 14.7 Å². The Bertz CT molecular complexity index is 1370. The largest absolute Gasteiger partial charge is 0.396 e. The fraction of sp³-hybridized carbons (Fsp3) is 0.419. The number of carbonyl (C=O) groups is 2. The quantitative estimate of drug-likeness (QED) is 0.369. The lowest BCUT2D eigenvalue weighted by molar-refractivity contribution is -0.133. The van der Waals surface area contributed by atoms with E-state index in [0.717, 1.165) is 56.1 Å². The molecule has 9 heteroatoms. The normalized spacial score (nSPS) is 18.9. The summed E-state index contributed by atoms with van der Waals surface area (Å²) in [6.07, 6.45) is 7.26. The van der Waals surface area contributed by atoms with E-state index in [-0.39, 0.29) is 25.1 Å². The Hall–Kier alpha value is -3.33. The summed E-state index contributed by atoms with van der Waals surface area (Å²) < 4.78 is 0. The van der Waals surface area contributed by atoms with Crippen LogP contribution in [0.4, 0.5) is 5.95 Å². The zero-order valence-corrected chi connectivity index (χ0v) is 23.6. The number of aliphatic hydroxyl groups excluding tert-OH is 1. The smallest absolute Gasteiger partial charge is 0.237 e. The third-order valence-corrected chi connectivity index (χ3v) is 8.27. The van der Waals surface area contributed by atoms with Gasteiger partial charge in [0, 0.05) is 43.4 Å². The maximum absolute atomic E-state index is 13.0. The van der Waals surface area contributed by atoms with Crippen LogP contribution in [-0.2, 0) is 24.3 Å². The van der Waals surface area contributed by atoms with E-state index in [1.165, 1.54) is 11.1 Å². The molecule has 2 aliphatic rings. The highest BCUT2D eigenvalue weighted by molar-refractivity contribution is 6.32. The molecular formula is C31H36ClN5O3. The van der Waals surface area contributed by atoms with Gasteiger partial charge in [-0.1, -0.05) is 54.4 Å². The topological polar surface area (TPSA) is 98.7 Å². The van der Waals surface area contributed by atoms with Gasteiger partial charge in [0.05, 0.1) is 23.5 Å². The van der Waals surface area contributed by atoms with Gasteiger partial charge in [-0.25, -0.2) is 9.97 Å². The van der Waals surface area contributed by atoms with E-state index in [0.29, 0.717) is 41.2 Å². The summed E-state index contributed by atoms with van der Waals surface area (Å²) in [5, 5.41) is 13.3. The molecule has 1 aromatic heterocycles. The molecule has 5 rings (SSSR count). The van der Waals surface area contributed by atoms with Gasteiger partial charge in [-0.15, -0.1) is 0 Å². The number of aromatic nitrogens is 2. The van der Waals surface area contributed by atoms with E-state index in [4.69, 9.17) is 11.6 Å². The average Bonchev–Trinajstić information content (AvgIpc) is 2.98. The van der Waals surface area contributed by atoms with E-state index in [2.05, 4.69) is 27.4 Å². The van der Waals surface area contributed by atoms with E-state index < -0.39 is 0 Å². The average molecular weight is 562 g/mol. The molecule has 2 heterocycles. The lowest BCUT2D eigenvalue weighted by Crippen LogP contribution is -2.41. The number of fused-ring (bicyclic) bond motifs is 1. The fourth-order valence-electron chi connectivity index (χ4n) is 5.79. The third-order valence-electron chi connectivity index (χ3n) is 7.99. The Morgan fingerprint density at radius 2 is 2.05 bits per heavy atom. The molecular weight excluding hydrogens is 526 g/mol. The molecule has 0 bridgehead atoms. The summed E-state index contributed by atoms with van der Waals surface area (Å²) in [4.78, 5) is 37.9. The van der Waals surface area contributed by atoms with Gasteiger partial charge < -0.3 is 15.3 Å². The Morgan fingerprint density at radius 1 is 1.23 bits per heavy atom. The molecule has 3 aromatic rings. The van der Waals surface area contributed by atoms with Crippen molar-refractivity contribution in [2.75, 3.05) is 32.1 Å². The number of hydrogen-bond donors (Lipinski definition) is 2. The van der Waals surface area contributed by atoms with E-state index in [9.17, 15) is 14.7 Å². The molecule has 2 unspecified atom stereocenters. The molecule has 1 amide bonds. The number of likely N-dealkylation sites (N-methyl/N-ethyl adjacent to an activating group) is 1. The van der Waals surface area contributed by atoms with E-state index in [1.54, 1.807) is 12.3 Å². The second-order valence-corrected chi connectivity index (χ2v) is 11.4. The summed E-state index contributed by atoms with van der Waals surface area (Å²) in [7, 11) is 1.89. The van der Waals surface area contributed by atoms with Crippen molar-refractivity contribution in [3.05, 3.63) is 75.9 Å². The summed E-state index contributed by atoms with van der Waals surface area (Å²) in [6, 6.07) is 14.1. The Labute approximate surface area is 240 Å². The fourth-order valence-corrected chi connectivity index (χ4v) is 5.99. The van der Waals surface area contributed by atoms with E-state index >= 15 is 0 Å². The van der Waals surface area contributed by atoms with Crippen LogP contribution in [0.3, 0.4) is 0 Å². The van der Waals surface area contributed by atoms with Crippen molar-refractivity contribution >= 4 is 29.7 Å². The van der Waals surface area contributed by atoms with Crippen molar-refractivity contribution in [2.45, 2.75) is 51.2 Å². The van der Waals surface area contributed by atoms with Crippen molar-refractivity contribution in [1.29, 1.82) is 0 Å². The van der Waals surface area contributed by atoms with Crippen LogP contribution < -0.4 is 5.32 Å². The number of amides is 1. The van der Waals surface area contributed by atoms with Crippen LogP contribution in [0.15, 0.2) is 48.7 Å². The molecule has 1 aliphatic carbocycles. The maximum Gasteiger partial charge on any atom is 0.237 e. The first kappa shape index (κ1) is 28.2. The molecule has 8 nitrogen and oxygen atoms in total. The Morgan fingerprint density at radius 3 is 2.85 bits per heavy atom. The minimum atomic E-state index is 0.0809. The molecule has 0 radical (unpaired) electrons. The lowest BCUT2D eigenvalue weighted by atomic mass is 9.86. The van der Waals surface area contributed by atoms with Crippen LogP contribution >= 0.6 is 11.6 Å². The molecule has 0 saturated heterocycles. The van der Waals surface area contributed by atoms with Crippen LogP contribution in [0.5, 0.6) is 0 Å². The van der Waals surface area contributed by atoms with Gasteiger partial charge in [0.25, 0.3) is 0 Å². The number of rotatable bonds is 9. The molecule has 2 N–H and O–H groups in total. The molecule has 2 aromatic carbocycles. The third kappa shape index (κ3) is 6.69. The number of aldehydes is 1. The van der Waals surface area contributed by atoms with E-state index in [1.807, 2.05) is 41.1 Å². The first-order chi connectivity index (χ1) is 19.4. The second-order valence-electron chi connectivity index (χ2n) is 11.0. The monoisotopic (exact) mass is 561 g/mol. The Kier molecular flexibility index (Phi) is 9.09. The minimum absolute atomic E-state index is 0.0809. The van der Waals surface area contributed by atoms with Gasteiger partial charge in [-0.05, 0) is 61.4 Å². The first-order valence-corrected chi connectivity index (χ1v) is 14.3. The number of halogens is 1. The van der Waals surface area contributed by atoms with Crippen LogP contribution in [0.1, 0.15) is 52.7 Å². The Balaban J connectivity index is 1.24. The number of nitrogens with zero attached hydrogens (tertiary/aromatic N) is 4. The highest BCUT2D eigenvalue weighted by atomic mass is 35.5. The number of aliphatic hydroxyl groups is 1.